The average Bonchev–Trinajstić information content (AvgIpc) is 3.01. The summed E-state index contributed by atoms with van der Waals surface area (Å²) in [7, 11) is -1.94. The van der Waals surface area contributed by atoms with E-state index in [4.69, 9.17) is 23.4 Å². The lowest BCUT2D eigenvalue weighted by atomic mass is 9.93. The Labute approximate surface area is 158 Å². The monoisotopic (exact) mass is 386 g/mol. The molecule has 3 saturated heterocycles. The summed E-state index contributed by atoms with van der Waals surface area (Å²) in [5.41, 5.74) is -0.641. The first kappa shape index (κ1) is 20.4. The normalized spacial score (nSPS) is 39.5. The maximum Gasteiger partial charge on any atom is 0.192 e. The number of fused-ring (bicyclic) bond motifs is 3. The lowest BCUT2D eigenvalue weighted by Crippen LogP contribution is -2.50. The van der Waals surface area contributed by atoms with Crippen molar-refractivity contribution in [1.82, 2.24) is 0 Å². The minimum Gasteiger partial charge on any atom is -0.414 e. The SMILES string of the molecule is CC1(C)O[C@@H]2[C@H]3O[C@](CC=O)(CO[Si](C)(C)C(C)(C)C)C[C@H]3OC[C@@H]2O1. The van der Waals surface area contributed by atoms with Crippen molar-refractivity contribution in [3.8, 4) is 0 Å². The van der Waals surface area contributed by atoms with Gasteiger partial charge in [0.25, 0.3) is 0 Å². The van der Waals surface area contributed by atoms with E-state index in [9.17, 15) is 4.79 Å². The first-order valence-corrected chi connectivity index (χ1v) is 12.5. The molecule has 7 heteroatoms. The molecule has 0 spiro atoms. The molecule has 0 aliphatic carbocycles. The number of hydrogen-bond donors (Lipinski definition) is 0. The Morgan fingerprint density at radius 3 is 2.38 bits per heavy atom. The molecule has 150 valence electrons. The highest BCUT2D eigenvalue weighted by Crippen LogP contribution is 2.45. The largest absolute Gasteiger partial charge is 0.414 e. The predicted molar refractivity (Wildman–Crippen MR) is 99.6 cm³/mol. The molecule has 0 aromatic heterocycles. The van der Waals surface area contributed by atoms with Gasteiger partial charge in [0.05, 0.1) is 24.9 Å². The van der Waals surface area contributed by atoms with Crippen LogP contribution in [0.25, 0.3) is 0 Å². The number of rotatable bonds is 5. The van der Waals surface area contributed by atoms with Crippen LogP contribution in [0.3, 0.4) is 0 Å². The van der Waals surface area contributed by atoms with E-state index in [-0.39, 0.29) is 29.5 Å². The van der Waals surface area contributed by atoms with E-state index >= 15 is 0 Å². The standard InChI is InChI=1S/C19H34O6Si/c1-17(2,3)26(6,7)22-12-19(8-9-20)10-13-15(25-19)16-14(11-21-13)23-18(4,5)24-16/h9,13-16H,8,10-12H2,1-7H3/t13-,14+,15+,16+,19+/m1/s1. The fraction of sp³-hybridized carbons (Fsp3) is 0.947. The van der Waals surface area contributed by atoms with E-state index in [1.165, 1.54) is 0 Å². The zero-order chi connectivity index (χ0) is 19.4. The fourth-order valence-corrected chi connectivity index (χ4v) is 4.84. The van der Waals surface area contributed by atoms with Crippen molar-refractivity contribution < 1.29 is 28.2 Å². The third-order valence-electron chi connectivity index (χ3n) is 6.30. The highest BCUT2D eigenvalue weighted by atomic mass is 28.4. The molecule has 6 nitrogen and oxygen atoms in total. The van der Waals surface area contributed by atoms with Gasteiger partial charge in [0.15, 0.2) is 14.1 Å². The van der Waals surface area contributed by atoms with Crippen LogP contribution in [-0.2, 0) is 28.2 Å². The van der Waals surface area contributed by atoms with Gasteiger partial charge in [-0.15, -0.1) is 0 Å². The topological polar surface area (TPSA) is 63.2 Å². The van der Waals surface area contributed by atoms with Crippen LogP contribution in [0.1, 0.15) is 47.5 Å². The maximum atomic E-state index is 11.4. The third kappa shape index (κ3) is 3.79. The molecular weight excluding hydrogens is 352 g/mol. The number of carbonyl (C=O) groups excluding carboxylic acids is 1. The zero-order valence-corrected chi connectivity index (χ0v) is 18.2. The first-order chi connectivity index (χ1) is 11.9. The van der Waals surface area contributed by atoms with Gasteiger partial charge >= 0.3 is 0 Å². The van der Waals surface area contributed by atoms with Gasteiger partial charge < -0.3 is 28.2 Å². The summed E-state index contributed by atoms with van der Waals surface area (Å²) in [6.07, 6.45) is 1.29. The summed E-state index contributed by atoms with van der Waals surface area (Å²) in [4.78, 5) is 11.4. The van der Waals surface area contributed by atoms with Gasteiger partial charge in [-0.3, -0.25) is 0 Å². The summed E-state index contributed by atoms with van der Waals surface area (Å²) < 4.78 is 30.9. The highest BCUT2D eigenvalue weighted by molar-refractivity contribution is 6.74. The zero-order valence-electron chi connectivity index (χ0n) is 17.2. The van der Waals surface area contributed by atoms with Crippen LogP contribution in [0.15, 0.2) is 0 Å². The van der Waals surface area contributed by atoms with Crippen LogP contribution in [-0.4, -0.2) is 63.6 Å². The second kappa shape index (κ2) is 6.64. The molecule has 3 fully saturated rings. The molecule has 5 atom stereocenters. The highest BCUT2D eigenvalue weighted by Gasteiger charge is 2.59. The van der Waals surface area contributed by atoms with E-state index in [1.807, 2.05) is 13.8 Å². The molecule has 0 aromatic carbocycles. The third-order valence-corrected chi connectivity index (χ3v) is 10.8. The van der Waals surface area contributed by atoms with Crippen LogP contribution in [0.4, 0.5) is 0 Å². The van der Waals surface area contributed by atoms with Gasteiger partial charge in [0.2, 0.25) is 0 Å². The van der Waals surface area contributed by atoms with Crippen LogP contribution in [0, 0.1) is 0 Å². The van der Waals surface area contributed by atoms with Crippen LogP contribution >= 0.6 is 0 Å². The van der Waals surface area contributed by atoms with Gasteiger partial charge in [-0.1, -0.05) is 20.8 Å². The second-order valence-corrected chi connectivity index (χ2v) is 14.7. The Balaban J connectivity index is 1.74. The van der Waals surface area contributed by atoms with E-state index < -0.39 is 19.7 Å². The van der Waals surface area contributed by atoms with Crippen molar-refractivity contribution in [2.75, 3.05) is 13.2 Å². The number of carbonyl (C=O) groups is 1. The molecule has 3 aliphatic rings. The molecule has 0 radical (unpaired) electrons. The van der Waals surface area contributed by atoms with E-state index in [0.29, 0.717) is 26.1 Å². The molecular formula is C19H34O6Si. The van der Waals surface area contributed by atoms with Crippen molar-refractivity contribution >= 4 is 14.6 Å². The van der Waals surface area contributed by atoms with Crippen LogP contribution in [0.5, 0.6) is 0 Å². The lowest BCUT2D eigenvalue weighted by Gasteiger charge is -2.39. The van der Waals surface area contributed by atoms with Crippen LogP contribution < -0.4 is 0 Å². The molecule has 0 saturated carbocycles. The molecule has 0 N–H and O–H groups in total. The van der Waals surface area contributed by atoms with Crippen molar-refractivity contribution in [2.24, 2.45) is 0 Å². The minimum atomic E-state index is -1.94. The minimum absolute atomic E-state index is 0.0864. The fourth-order valence-electron chi connectivity index (χ4n) is 3.78. The molecule has 0 aromatic rings. The van der Waals surface area contributed by atoms with Gasteiger partial charge in [-0.05, 0) is 32.0 Å². The van der Waals surface area contributed by atoms with Crippen molar-refractivity contribution in [1.29, 1.82) is 0 Å². The van der Waals surface area contributed by atoms with Gasteiger partial charge in [-0.2, -0.15) is 0 Å². The number of aldehydes is 1. The van der Waals surface area contributed by atoms with Gasteiger partial charge in [-0.25, -0.2) is 0 Å². The summed E-state index contributed by atoms with van der Waals surface area (Å²) in [5, 5.41) is 0.106. The van der Waals surface area contributed by atoms with Gasteiger partial charge in [0, 0.05) is 12.8 Å². The lowest BCUT2D eigenvalue weighted by molar-refractivity contribution is -0.174. The van der Waals surface area contributed by atoms with Crippen molar-refractivity contribution in [3.63, 3.8) is 0 Å². The van der Waals surface area contributed by atoms with E-state index in [1.54, 1.807) is 0 Å². The average molecular weight is 387 g/mol. The van der Waals surface area contributed by atoms with Crippen molar-refractivity contribution in [3.05, 3.63) is 0 Å². The quantitative estimate of drug-likeness (QED) is 0.535. The Hall–Kier alpha value is -0.313. The van der Waals surface area contributed by atoms with Crippen molar-refractivity contribution in [2.45, 2.75) is 101 Å². The molecule has 0 bridgehead atoms. The Kier molecular flexibility index (Phi) is 5.21. The van der Waals surface area contributed by atoms with E-state index in [0.717, 1.165) is 6.29 Å². The molecule has 0 amide bonds. The summed E-state index contributed by atoms with van der Waals surface area (Å²) in [6.45, 7) is 15.8. The predicted octanol–water partition coefficient (Wildman–Crippen LogP) is 3.04. The summed E-state index contributed by atoms with van der Waals surface area (Å²) in [5.74, 6) is -0.634. The van der Waals surface area contributed by atoms with Crippen LogP contribution in [0.2, 0.25) is 18.1 Å². The molecule has 0 unspecified atom stereocenters. The number of ether oxygens (including phenoxy) is 4. The molecule has 3 rings (SSSR count). The first-order valence-electron chi connectivity index (χ1n) is 9.61. The Morgan fingerprint density at radius 2 is 1.77 bits per heavy atom. The summed E-state index contributed by atoms with van der Waals surface area (Å²) >= 11 is 0. The summed E-state index contributed by atoms with van der Waals surface area (Å²) in [6, 6.07) is 0. The van der Waals surface area contributed by atoms with E-state index in [2.05, 4.69) is 33.9 Å². The Bertz CT molecular complexity index is 543. The Morgan fingerprint density at radius 1 is 1.12 bits per heavy atom. The number of hydrogen-bond acceptors (Lipinski definition) is 6. The maximum absolute atomic E-state index is 11.4. The van der Waals surface area contributed by atoms with Gasteiger partial charge in [0.1, 0.15) is 24.6 Å². The second-order valence-electron chi connectivity index (χ2n) is 9.90. The molecule has 26 heavy (non-hydrogen) atoms. The molecule has 3 heterocycles. The smallest absolute Gasteiger partial charge is 0.192 e. The molecule has 3 aliphatic heterocycles.